The molecular formula is C15H22IN5S. The number of halogens is 1. The van der Waals surface area contributed by atoms with Crippen LogP contribution in [0.2, 0.25) is 0 Å². The van der Waals surface area contributed by atoms with Gasteiger partial charge in [-0.25, -0.2) is 4.98 Å². The minimum atomic E-state index is 0. The van der Waals surface area contributed by atoms with Crippen molar-refractivity contribution in [1.82, 2.24) is 20.6 Å². The third-order valence-corrected chi connectivity index (χ3v) is 3.82. The molecule has 2 N–H and O–H groups in total. The maximum atomic E-state index is 4.45. The average Bonchev–Trinajstić information content (AvgIpc) is 2.92. The van der Waals surface area contributed by atoms with Gasteiger partial charge < -0.3 is 10.6 Å². The van der Waals surface area contributed by atoms with Gasteiger partial charge in [0.2, 0.25) is 0 Å². The Hall–Kier alpha value is -1.22. The number of aryl methyl sites for hydroxylation is 1. The van der Waals surface area contributed by atoms with Crippen LogP contribution in [-0.2, 0) is 12.8 Å². The lowest BCUT2D eigenvalue weighted by molar-refractivity contribution is 0.776. The van der Waals surface area contributed by atoms with Gasteiger partial charge >= 0.3 is 0 Å². The van der Waals surface area contributed by atoms with Crippen LogP contribution in [0.4, 0.5) is 0 Å². The van der Waals surface area contributed by atoms with Crippen molar-refractivity contribution in [2.24, 2.45) is 4.99 Å². The van der Waals surface area contributed by atoms with Gasteiger partial charge in [-0.15, -0.1) is 35.3 Å². The number of hydrogen-bond donors (Lipinski definition) is 2. The van der Waals surface area contributed by atoms with E-state index in [9.17, 15) is 0 Å². The number of hydrogen-bond acceptors (Lipinski definition) is 4. The Kier molecular flexibility index (Phi) is 8.98. The second-order valence-corrected chi connectivity index (χ2v) is 5.71. The van der Waals surface area contributed by atoms with Gasteiger partial charge in [-0.3, -0.25) is 9.98 Å². The van der Waals surface area contributed by atoms with E-state index in [0.29, 0.717) is 0 Å². The number of nitrogens with one attached hydrogen (secondary N) is 2. The van der Waals surface area contributed by atoms with Crippen LogP contribution in [0, 0.1) is 6.92 Å². The molecule has 0 radical (unpaired) electrons. The van der Waals surface area contributed by atoms with Crippen molar-refractivity contribution in [2.75, 3.05) is 20.1 Å². The predicted octanol–water partition coefficient (Wildman–Crippen LogP) is 2.41. The number of guanidine groups is 1. The minimum Gasteiger partial charge on any atom is -0.356 e. The highest BCUT2D eigenvalue weighted by Gasteiger charge is 2.00. The molecule has 0 aliphatic heterocycles. The van der Waals surface area contributed by atoms with E-state index in [1.165, 1.54) is 5.56 Å². The summed E-state index contributed by atoms with van der Waals surface area (Å²) in [5.41, 5.74) is 2.36. The van der Waals surface area contributed by atoms with Crippen LogP contribution >= 0.6 is 35.3 Å². The Balaban J connectivity index is 0.00000242. The quantitative estimate of drug-likeness (QED) is 0.419. The minimum absolute atomic E-state index is 0. The summed E-state index contributed by atoms with van der Waals surface area (Å²) in [4.78, 5) is 12.8. The van der Waals surface area contributed by atoms with Crippen LogP contribution < -0.4 is 10.6 Å². The normalized spacial score (nSPS) is 10.9. The van der Waals surface area contributed by atoms with E-state index in [4.69, 9.17) is 0 Å². The summed E-state index contributed by atoms with van der Waals surface area (Å²) in [6, 6.07) is 4.04. The van der Waals surface area contributed by atoms with Crippen LogP contribution in [0.1, 0.15) is 16.3 Å². The largest absolute Gasteiger partial charge is 0.356 e. The number of rotatable bonds is 6. The Labute approximate surface area is 152 Å². The maximum Gasteiger partial charge on any atom is 0.190 e. The lowest BCUT2D eigenvalue weighted by atomic mass is 10.2. The summed E-state index contributed by atoms with van der Waals surface area (Å²) in [5.74, 6) is 0.825. The molecule has 0 atom stereocenters. The van der Waals surface area contributed by atoms with E-state index in [1.54, 1.807) is 24.6 Å². The Morgan fingerprint density at radius 1 is 1.27 bits per heavy atom. The molecule has 0 aromatic carbocycles. The van der Waals surface area contributed by atoms with Crippen molar-refractivity contribution in [3.8, 4) is 0 Å². The van der Waals surface area contributed by atoms with Crippen LogP contribution in [0.15, 0.2) is 34.9 Å². The lowest BCUT2D eigenvalue weighted by Gasteiger charge is -2.11. The average molecular weight is 431 g/mol. The first kappa shape index (κ1) is 18.8. The third kappa shape index (κ3) is 6.69. The van der Waals surface area contributed by atoms with Crippen molar-refractivity contribution in [1.29, 1.82) is 0 Å². The molecule has 2 rings (SSSR count). The molecule has 5 nitrogen and oxygen atoms in total. The zero-order chi connectivity index (χ0) is 14.9. The van der Waals surface area contributed by atoms with Crippen LogP contribution in [-0.4, -0.2) is 36.1 Å². The molecule has 0 saturated heterocycles. The van der Waals surface area contributed by atoms with E-state index in [-0.39, 0.29) is 24.0 Å². The van der Waals surface area contributed by atoms with Crippen LogP contribution in [0.3, 0.4) is 0 Å². The fourth-order valence-electron chi connectivity index (χ4n) is 1.92. The van der Waals surface area contributed by atoms with Gasteiger partial charge in [-0.05, 0) is 25.0 Å². The number of thiazole rings is 1. The molecule has 0 aliphatic carbocycles. The second-order valence-electron chi connectivity index (χ2n) is 4.64. The monoisotopic (exact) mass is 431 g/mol. The second kappa shape index (κ2) is 10.5. The smallest absolute Gasteiger partial charge is 0.190 e. The topological polar surface area (TPSA) is 62.2 Å². The van der Waals surface area contributed by atoms with E-state index in [2.05, 4.69) is 37.0 Å². The summed E-state index contributed by atoms with van der Waals surface area (Å²) in [7, 11) is 1.78. The molecule has 120 valence electrons. The van der Waals surface area contributed by atoms with E-state index in [1.807, 2.05) is 19.2 Å². The van der Waals surface area contributed by atoms with E-state index >= 15 is 0 Å². The van der Waals surface area contributed by atoms with Crippen molar-refractivity contribution < 1.29 is 0 Å². The van der Waals surface area contributed by atoms with Gasteiger partial charge in [0.05, 0.1) is 10.7 Å². The third-order valence-electron chi connectivity index (χ3n) is 2.99. The van der Waals surface area contributed by atoms with E-state index in [0.717, 1.165) is 42.6 Å². The molecule has 2 aromatic rings. The number of aromatic nitrogens is 2. The van der Waals surface area contributed by atoms with Gasteiger partial charge in [0.25, 0.3) is 0 Å². The molecule has 2 aromatic heterocycles. The first-order chi connectivity index (χ1) is 10.3. The molecular weight excluding hydrogens is 409 g/mol. The van der Waals surface area contributed by atoms with Gasteiger partial charge in [0.1, 0.15) is 0 Å². The molecule has 0 saturated carbocycles. The molecule has 0 fully saturated rings. The van der Waals surface area contributed by atoms with Gasteiger partial charge in [-0.2, -0.15) is 0 Å². The highest BCUT2D eigenvalue weighted by atomic mass is 127. The first-order valence-corrected chi connectivity index (χ1v) is 7.90. The predicted molar refractivity (Wildman–Crippen MR) is 103 cm³/mol. The zero-order valence-electron chi connectivity index (χ0n) is 12.9. The molecule has 0 bridgehead atoms. The maximum absolute atomic E-state index is 4.45. The van der Waals surface area contributed by atoms with Crippen molar-refractivity contribution in [3.05, 3.63) is 46.2 Å². The molecule has 2 heterocycles. The Morgan fingerprint density at radius 3 is 2.64 bits per heavy atom. The molecule has 0 amide bonds. The van der Waals surface area contributed by atoms with Gasteiger partial charge in [0, 0.05) is 44.3 Å². The van der Waals surface area contributed by atoms with Crippen molar-refractivity contribution >= 4 is 41.3 Å². The molecule has 22 heavy (non-hydrogen) atoms. The summed E-state index contributed by atoms with van der Waals surface area (Å²) < 4.78 is 0. The molecule has 0 unspecified atom stereocenters. The zero-order valence-corrected chi connectivity index (χ0v) is 16.0. The highest BCUT2D eigenvalue weighted by molar-refractivity contribution is 14.0. The molecule has 0 aliphatic rings. The number of nitrogens with zero attached hydrogens (tertiary/aromatic N) is 3. The summed E-state index contributed by atoms with van der Waals surface area (Å²) in [6.45, 7) is 3.69. The number of aliphatic imine (C=N–C) groups is 1. The van der Waals surface area contributed by atoms with Crippen LogP contribution in [0.5, 0.6) is 0 Å². The van der Waals surface area contributed by atoms with Crippen molar-refractivity contribution in [3.63, 3.8) is 0 Å². The van der Waals surface area contributed by atoms with Crippen LogP contribution in [0.25, 0.3) is 0 Å². The molecule has 7 heteroatoms. The standard InChI is InChI=1S/C15H21N5S.HI/c1-12-20-14(11-21-12)6-9-19-15(16-2)18-8-5-13-4-3-7-17-10-13;/h3-4,7,10-11H,5-6,8-9H2,1-2H3,(H2,16,18,19);1H. The number of pyridine rings is 1. The van der Waals surface area contributed by atoms with E-state index < -0.39 is 0 Å². The highest BCUT2D eigenvalue weighted by Crippen LogP contribution is 2.07. The lowest BCUT2D eigenvalue weighted by Crippen LogP contribution is -2.39. The fourth-order valence-corrected chi connectivity index (χ4v) is 2.57. The fraction of sp³-hybridized carbons (Fsp3) is 0.400. The summed E-state index contributed by atoms with van der Waals surface area (Å²) in [5, 5.41) is 9.83. The van der Waals surface area contributed by atoms with Gasteiger partial charge in [0.15, 0.2) is 5.96 Å². The Morgan fingerprint density at radius 2 is 2.05 bits per heavy atom. The molecule has 0 spiro atoms. The Bertz CT molecular complexity index is 570. The summed E-state index contributed by atoms with van der Waals surface area (Å²) >= 11 is 1.69. The van der Waals surface area contributed by atoms with Crippen molar-refractivity contribution in [2.45, 2.75) is 19.8 Å². The SMILES string of the molecule is CN=C(NCCc1cccnc1)NCCc1csc(C)n1.I. The summed E-state index contributed by atoms with van der Waals surface area (Å²) in [6.07, 6.45) is 5.52. The van der Waals surface area contributed by atoms with Gasteiger partial charge in [-0.1, -0.05) is 6.07 Å². The first-order valence-electron chi connectivity index (χ1n) is 7.02.